The first-order valence-corrected chi connectivity index (χ1v) is 9.42. The molecule has 32 heavy (non-hydrogen) atoms. The normalized spacial score (nSPS) is 9.91. The fraction of sp³-hybridized carbons (Fsp3) is 0.0417. The Labute approximate surface area is 182 Å². The van der Waals surface area contributed by atoms with E-state index in [2.05, 4.69) is 10.6 Å². The van der Waals surface area contributed by atoms with Crippen molar-refractivity contribution in [2.45, 2.75) is 0 Å². The lowest BCUT2D eigenvalue weighted by atomic mass is 10.1. The lowest BCUT2D eigenvalue weighted by Gasteiger charge is -2.12. The molecule has 0 saturated heterocycles. The van der Waals surface area contributed by atoms with Crippen LogP contribution in [-0.4, -0.2) is 18.4 Å². The van der Waals surface area contributed by atoms with Crippen LogP contribution in [0.3, 0.4) is 0 Å². The molecule has 0 heterocycles. The third-order valence-corrected chi connectivity index (χ3v) is 4.24. The highest BCUT2D eigenvalue weighted by Crippen LogP contribution is 2.23. The average Bonchev–Trinajstić information content (AvgIpc) is 2.79. The zero-order valence-electron chi connectivity index (χ0n) is 16.6. The molecule has 0 unspecified atom stereocenters. The molecule has 160 valence electrons. The first-order chi connectivity index (χ1) is 15.5. The van der Waals surface area contributed by atoms with E-state index in [1.807, 2.05) is 6.07 Å². The molecule has 0 spiro atoms. The number of hydrogen-bond donors (Lipinski definition) is 2. The number of carbonyl (C=O) groups is 2. The summed E-state index contributed by atoms with van der Waals surface area (Å²) in [7, 11) is 0. The molecule has 0 aliphatic rings. The van der Waals surface area contributed by atoms with Crippen LogP contribution in [0.15, 0.2) is 78.4 Å². The fourth-order valence-corrected chi connectivity index (χ4v) is 2.74. The summed E-state index contributed by atoms with van der Waals surface area (Å²) >= 11 is 0. The van der Waals surface area contributed by atoms with Crippen LogP contribution in [0, 0.1) is 23.0 Å². The van der Waals surface area contributed by atoms with Gasteiger partial charge in [0.2, 0.25) is 0 Å². The number of rotatable bonds is 7. The second-order valence-corrected chi connectivity index (χ2v) is 6.41. The summed E-state index contributed by atoms with van der Waals surface area (Å²) in [4.78, 5) is 25.8. The molecular formula is C24H17F2N3O3. The van der Waals surface area contributed by atoms with Crippen molar-refractivity contribution >= 4 is 29.3 Å². The predicted octanol–water partition coefficient (Wildman–Crippen LogP) is 4.53. The third kappa shape index (κ3) is 5.55. The summed E-state index contributed by atoms with van der Waals surface area (Å²) < 4.78 is 33.4. The number of benzene rings is 3. The van der Waals surface area contributed by atoms with E-state index in [-0.39, 0.29) is 23.7 Å². The van der Waals surface area contributed by atoms with E-state index in [0.717, 1.165) is 12.1 Å². The molecule has 3 aromatic carbocycles. The van der Waals surface area contributed by atoms with Gasteiger partial charge in [0, 0.05) is 5.56 Å². The quantitative estimate of drug-likeness (QED) is 0.325. The van der Waals surface area contributed by atoms with Crippen molar-refractivity contribution in [1.82, 2.24) is 0 Å². The lowest BCUT2D eigenvalue weighted by Crippen LogP contribution is -2.26. The number of carbonyl (C=O) groups excluding carboxylic acids is 2. The number of anilines is 2. The number of ether oxygens (including phenoxy) is 1. The van der Waals surface area contributed by atoms with Crippen molar-refractivity contribution in [3.8, 4) is 11.8 Å². The molecule has 6 nitrogen and oxygen atoms in total. The molecule has 3 aromatic rings. The first-order valence-electron chi connectivity index (χ1n) is 9.42. The standard InChI is InChI=1S/C24H17F2N3O3/c25-18-8-2-4-10-20(18)28-23(30)17(24(31)29-21-11-5-3-9-19(21)26)15-16-7-1-6-12-22(16)32-14-13-27/h1-12,15H,14H2,(H,28,30)(H,29,31). The third-order valence-electron chi connectivity index (χ3n) is 4.24. The van der Waals surface area contributed by atoms with E-state index >= 15 is 0 Å². The number of nitriles is 1. The van der Waals surface area contributed by atoms with Crippen LogP contribution in [-0.2, 0) is 9.59 Å². The molecule has 0 saturated carbocycles. The molecule has 0 bridgehead atoms. The number of halogens is 2. The van der Waals surface area contributed by atoms with Gasteiger partial charge >= 0.3 is 0 Å². The Balaban J connectivity index is 1.99. The van der Waals surface area contributed by atoms with E-state index in [4.69, 9.17) is 10.00 Å². The smallest absolute Gasteiger partial charge is 0.261 e. The Bertz CT molecular complexity index is 1160. The summed E-state index contributed by atoms with van der Waals surface area (Å²) in [6, 6.07) is 19.2. The van der Waals surface area contributed by atoms with Gasteiger partial charge in [-0.1, -0.05) is 42.5 Å². The van der Waals surface area contributed by atoms with Crippen molar-refractivity contribution in [2.24, 2.45) is 0 Å². The Kier molecular flexibility index (Phi) is 7.28. The predicted molar refractivity (Wildman–Crippen MR) is 116 cm³/mol. The lowest BCUT2D eigenvalue weighted by molar-refractivity contribution is -0.118. The fourth-order valence-electron chi connectivity index (χ4n) is 2.74. The van der Waals surface area contributed by atoms with Crippen LogP contribution in [0.5, 0.6) is 5.75 Å². The summed E-state index contributed by atoms with van der Waals surface area (Å²) in [5.74, 6) is -2.96. The van der Waals surface area contributed by atoms with Crippen molar-refractivity contribution in [3.63, 3.8) is 0 Å². The molecule has 8 heteroatoms. The van der Waals surface area contributed by atoms with Gasteiger partial charge in [0.1, 0.15) is 29.0 Å². The Hall–Kier alpha value is -4.51. The molecule has 0 atom stereocenters. The van der Waals surface area contributed by atoms with Gasteiger partial charge < -0.3 is 15.4 Å². The maximum absolute atomic E-state index is 14.0. The number of nitrogens with one attached hydrogen (secondary N) is 2. The highest BCUT2D eigenvalue weighted by atomic mass is 19.1. The van der Waals surface area contributed by atoms with Crippen LogP contribution in [0.1, 0.15) is 5.56 Å². The van der Waals surface area contributed by atoms with Crippen molar-refractivity contribution in [1.29, 1.82) is 5.26 Å². The Morgan fingerprint density at radius 1 is 0.844 bits per heavy atom. The molecule has 0 radical (unpaired) electrons. The van der Waals surface area contributed by atoms with Gasteiger partial charge in [0.05, 0.1) is 11.4 Å². The molecule has 2 N–H and O–H groups in total. The molecule has 0 aliphatic heterocycles. The van der Waals surface area contributed by atoms with E-state index in [1.165, 1.54) is 42.5 Å². The minimum Gasteiger partial charge on any atom is -0.478 e. The molecule has 2 amide bonds. The van der Waals surface area contributed by atoms with Gasteiger partial charge in [-0.3, -0.25) is 9.59 Å². The molecule has 0 fully saturated rings. The van der Waals surface area contributed by atoms with Gasteiger partial charge in [-0.2, -0.15) is 5.26 Å². The van der Waals surface area contributed by atoms with Gasteiger partial charge in [0.25, 0.3) is 11.8 Å². The van der Waals surface area contributed by atoms with E-state index < -0.39 is 29.0 Å². The van der Waals surface area contributed by atoms with Crippen LogP contribution in [0.4, 0.5) is 20.2 Å². The molecule has 3 rings (SSSR count). The number of amides is 2. The van der Waals surface area contributed by atoms with E-state index in [9.17, 15) is 18.4 Å². The zero-order chi connectivity index (χ0) is 22.9. The largest absolute Gasteiger partial charge is 0.478 e. The molecule has 0 aliphatic carbocycles. The number of nitrogens with zero attached hydrogens (tertiary/aromatic N) is 1. The Morgan fingerprint density at radius 3 is 1.88 bits per heavy atom. The van der Waals surface area contributed by atoms with Crippen molar-refractivity contribution < 1.29 is 23.1 Å². The van der Waals surface area contributed by atoms with Crippen LogP contribution >= 0.6 is 0 Å². The Morgan fingerprint density at radius 2 is 1.34 bits per heavy atom. The topological polar surface area (TPSA) is 91.2 Å². The maximum atomic E-state index is 14.0. The monoisotopic (exact) mass is 433 g/mol. The highest BCUT2D eigenvalue weighted by molar-refractivity contribution is 6.29. The van der Waals surface area contributed by atoms with Crippen LogP contribution < -0.4 is 15.4 Å². The second-order valence-electron chi connectivity index (χ2n) is 6.41. The second kappa shape index (κ2) is 10.5. The van der Waals surface area contributed by atoms with E-state index in [1.54, 1.807) is 24.3 Å². The first kappa shape index (κ1) is 22.2. The van der Waals surface area contributed by atoms with Gasteiger partial charge in [0.15, 0.2) is 6.61 Å². The van der Waals surface area contributed by atoms with Crippen LogP contribution in [0.2, 0.25) is 0 Å². The summed E-state index contributed by atoms with van der Waals surface area (Å²) in [5.41, 5.74) is -0.359. The van der Waals surface area contributed by atoms with Gasteiger partial charge in [-0.05, 0) is 36.4 Å². The zero-order valence-corrected chi connectivity index (χ0v) is 16.6. The molecule has 0 aromatic heterocycles. The van der Waals surface area contributed by atoms with Gasteiger partial charge in [-0.15, -0.1) is 0 Å². The highest BCUT2D eigenvalue weighted by Gasteiger charge is 2.21. The number of hydrogen-bond acceptors (Lipinski definition) is 4. The summed E-state index contributed by atoms with van der Waals surface area (Å²) in [6.07, 6.45) is 1.22. The van der Waals surface area contributed by atoms with Crippen molar-refractivity contribution in [2.75, 3.05) is 17.2 Å². The average molecular weight is 433 g/mol. The van der Waals surface area contributed by atoms with Crippen molar-refractivity contribution in [3.05, 3.63) is 95.6 Å². The summed E-state index contributed by atoms with van der Waals surface area (Å²) in [6.45, 7) is -0.247. The van der Waals surface area contributed by atoms with Gasteiger partial charge in [-0.25, -0.2) is 8.78 Å². The van der Waals surface area contributed by atoms with Crippen LogP contribution in [0.25, 0.3) is 6.08 Å². The minimum atomic E-state index is -0.918. The number of para-hydroxylation sites is 3. The van der Waals surface area contributed by atoms with E-state index in [0.29, 0.717) is 5.56 Å². The minimum absolute atomic E-state index is 0.129. The molecular weight excluding hydrogens is 416 g/mol. The SMILES string of the molecule is N#CCOc1ccccc1C=C(C(=O)Nc1ccccc1F)C(=O)Nc1ccccc1F. The summed E-state index contributed by atoms with van der Waals surface area (Å²) in [5, 5.41) is 13.5. The maximum Gasteiger partial charge on any atom is 0.261 e.